The second kappa shape index (κ2) is 12.1. The summed E-state index contributed by atoms with van der Waals surface area (Å²) in [6, 6.07) is 1.82. The molecule has 3 N–H and O–H groups in total. The zero-order valence-corrected chi connectivity index (χ0v) is 16.1. The lowest BCUT2D eigenvalue weighted by Crippen LogP contribution is -2.35. The standard InChI is InChI=1S/C18H30ClN3O3/c1-4-5-6-7-8-20-17(24)14-9-16(19)18(22-10-14)25-12-15(23)11-21-13(2)3/h9-10,13,15,21,23H,4-8,11-12H2,1-3H3,(H,20,24). The van der Waals surface area contributed by atoms with Crippen molar-refractivity contribution in [2.45, 2.75) is 58.6 Å². The van der Waals surface area contributed by atoms with E-state index in [1.807, 2.05) is 13.8 Å². The summed E-state index contributed by atoms with van der Waals surface area (Å²) in [5.74, 6) is 0.0170. The number of carbonyl (C=O) groups excluding carboxylic acids is 1. The number of nitrogens with zero attached hydrogens (tertiary/aromatic N) is 1. The molecule has 0 saturated carbocycles. The Bertz CT molecular complexity index is 526. The molecule has 1 aromatic rings. The number of unbranched alkanes of at least 4 members (excludes halogenated alkanes) is 3. The fourth-order valence-electron chi connectivity index (χ4n) is 2.12. The van der Waals surface area contributed by atoms with Gasteiger partial charge in [0.05, 0.1) is 5.56 Å². The van der Waals surface area contributed by atoms with Crippen molar-refractivity contribution in [1.82, 2.24) is 15.6 Å². The Balaban J connectivity index is 2.43. The van der Waals surface area contributed by atoms with Gasteiger partial charge in [0.15, 0.2) is 0 Å². The number of ether oxygens (including phenoxy) is 1. The van der Waals surface area contributed by atoms with Crippen molar-refractivity contribution in [2.75, 3.05) is 19.7 Å². The largest absolute Gasteiger partial charge is 0.474 e. The van der Waals surface area contributed by atoms with Crippen LogP contribution >= 0.6 is 11.6 Å². The molecule has 1 unspecified atom stereocenters. The molecular weight excluding hydrogens is 342 g/mol. The zero-order chi connectivity index (χ0) is 18.7. The molecule has 0 aliphatic carbocycles. The van der Waals surface area contributed by atoms with Crippen LogP contribution in [0.1, 0.15) is 56.8 Å². The number of nitrogens with one attached hydrogen (secondary N) is 2. The maximum Gasteiger partial charge on any atom is 0.252 e. The average Bonchev–Trinajstić information content (AvgIpc) is 2.58. The van der Waals surface area contributed by atoms with Crippen LogP contribution in [0.25, 0.3) is 0 Å². The van der Waals surface area contributed by atoms with Crippen molar-refractivity contribution in [3.8, 4) is 5.88 Å². The molecule has 0 saturated heterocycles. The van der Waals surface area contributed by atoms with Gasteiger partial charge in [-0.15, -0.1) is 0 Å². The smallest absolute Gasteiger partial charge is 0.252 e. The summed E-state index contributed by atoms with van der Waals surface area (Å²) < 4.78 is 5.43. The van der Waals surface area contributed by atoms with E-state index in [-0.39, 0.29) is 29.5 Å². The van der Waals surface area contributed by atoms with Gasteiger partial charge >= 0.3 is 0 Å². The number of hydrogen-bond acceptors (Lipinski definition) is 5. The predicted octanol–water partition coefficient (Wildman–Crippen LogP) is 2.78. The van der Waals surface area contributed by atoms with Crippen LogP contribution < -0.4 is 15.4 Å². The summed E-state index contributed by atoms with van der Waals surface area (Å²) in [5, 5.41) is 16.1. The third-order valence-electron chi connectivity index (χ3n) is 3.56. The van der Waals surface area contributed by atoms with Crippen molar-refractivity contribution >= 4 is 17.5 Å². The summed E-state index contributed by atoms with van der Waals surface area (Å²) >= 11 is 6.12. The highest BCUT2D eigenvalue weighted by Gasteiger charge is 2.12. The van der Waals surface area contributed by atoms with Crippen LogP contribution in [0.15, 0.2) is 12.3 Å². The fraction of sp³-hybridized carbons (Fsp3) is 0.667. The first kappa shape index (κ1) is 21.7. The van der Waals surface area contributed by atoms with E-state index in [0.29, 0.717) is 18.7 Å². The first-order chi connectivity index (χ1) is 11.9. The molecule has 7 heteroatoms. The number of halogens is 1. The van der Waals surface area contributed by atoms with Gasteiger partial charge in [-0.3, -0.25) is 4.79 Å². The second-order valence-electron chi connectivity index (χ2n) is 6.36. The molecule has 1 aromatic heterocycles. The molecule has 25 heavy (non-hydrogen) atoms. The van der Waals surface area contributed by atoms with Crippen LogP contribution in [0.5, 0.6) is 5.88 Å². The number of amides is 1. The third kappa shape index (κ3) is 9.05. The number of aliphatic hydroxyl groups excluding tert-OH is 1. The Morgan fingerprint density at radius 3 is 2.76 bits per heavy atom. The Labute approximate surface area is 155 Å². The lowest BCUT2D eigenvalue weighted by molar-refractivity contribution is 0.0950. The van der Waals surface area contributed by atoms with Gasteiger partial charge < -0.3 is 20.5 Å². The maximum absolute atomic E-state index is 12.1. The van der Waals surface area contributed by atoms with Gasteiger partial charge in [-0.1, -0.05) is 51.6 Å². The lowest BCUT2D eigenvalue weighted by atomic mass is 10.2. The molecule has 0 aliphatic heterocycles. The van der Waals surface area contributed by atoms with Crippen LogP contribution in [-0.2, 0) is 0 Å². The molecule has 0 radical (unpaired) electrons. The van der Waals surface area contributed by atoms with Crippen molar-refractivity contribution in [2.24, 2.45) is 0 Å². The van der Waals surface area contributed by atoms with Crippen molar-refractivity contribution < 1.29 is 14.6 Å². The summed E-state index contributed by atoms with van der Waals surface area (Å²) in [6.45, 7) is 7.29. The highest BCUT2D eigenvalue weighted by molar-refractivity contribution is 6.32. The number of pyridine rings is 1. The Kier molecular flexibility index (Phi) is 10.5. The number of aliphatic hydroxyl groups is 1. The minimum Gasteiger partial charge on any atom is -0.474 e. The Morgan fingerprint density at radius 2 is 2.12 bits per heavy atom. The first-order valence-corrected chi connectivity index (χ1v) is 9.29. The van der Waals surface area contributed by atoms with Crippen molar-refractivity contribution in [3.63, 3.8) is 0 Å². The number of aromatic nitrogens is 1. The number of rotatable bonds is 12. The second-order valence-corrected chi connectivity index (χ2v) is 6.76. The molecule has 1 atom stereocenters. The minimum atomic E-state index is -0.661. The highest BCUT2D eigenvalue weighted by Crippen LogP contribution is 2.22. The van der Waals surface area contributed by atoms with E-state index >= 15 is 0 Å². The quantitative estimate of drug-likeness (QED) is 0.492. The van der Waals surface area contributed by atoms with Gasteiger partial charge in [0.25, 0.3) is 5.91 Å². The van der Waals surface area contributed by atoms with Crippen molar-refractivity contribution in [1.29, 1.82) is 0 Å². The van der Waals surface area contributed by atoms with Crippen LogP contribution in [0.4, 0.5) is 0 Å². The number of carbonyl (C=O) groups is 1. The Hall–Kier alpha value is -1.37. The predicted molar refractivity (Wildman–Crippen MR) is 100 cm³/mol. The molecule has 6 nitrogen and oxygen atoms in total. The summed E-state index contributed by atoms with van der Waals surface area (Å²) in [6.07, 6.45) is 5.18. The van der Waals surface area contributed by atoms with E-state index in [0.717, 1.165) is 19.3 Å². The van der Waals surface area contributed by atoms with Crippen molar-refractivity contribution in [3.05, 3.63) is 22.8 Å². The topological polar surface area (TPSA) is 83.5 Å². The molecule has 0 spiro atoms. The first-order valence-electron chi connectivity index (χ1n) is 8.92. The third-order valence-corrected chi connectivity index (χ3v) is 3.83. The molecular formula is C18H30ClN3O3. The molecule has 0 aliphatic rings. The number of hydrogen-bond donors (Lipinski definition) is 3. The van der Waals surface area contributed by atoms with E-state index in [1.54, 1.807) is 0 Å². The van der Waals surface area contributed by atoms with E-state index in [9.17, 15) is 9.90 Å². The SMILES string of the molecule is CCCCCCNC(=O)c1cnc(OCC(O)CNC(C)C)c(Cl)c1. The van der Waals surface area contributed by atoms with E-state index in [2.05, 4.69) is 22.5 Å². The van der Waals surface area contributed by atoms with Crippen LogP contribution in [0.3, 0.4) is 0 Å². The summed E-state index contributed by atoms with van der Waals surface area (Å²) in [5.41, 5.74) is 0.398. The molecule has 1 rings (SSSR count). The summed E-state index contributed by atoms with van der Waals surface area (Å²) in [7, 11) is 0. The molecule has 142 valence electrons. The van der Waals surface area contributed by atoms with Crippen LogP contribution in [0.2, 0.25) is 5.02 Å². The minimum absolute atomic E-state index is 0.0788. The van der Waals surface area contributed by atoms with Gasteiger partial charge in [0.2, 0.25) is 5.88 Å². The molecule has 1 heterocycles. The molecule has 0 fully saturated rings. The molecule has 0 bridgehead atoms. The monoisotopic (exact) mass is 371 g/mol. The van der Waals surface area contributed by atoms with E-state index in [1.165, 1.54) is 18.7 Å². The van der Waals surface area contributed by atoms with Gasteiger partial charge in [-0.2, -0.15) is 0 Å². The normalized spacial score (nSPS) is 12.2. The zero-order valence-electron chi connectivity index (χ0n) is 15.3. The molecule has 1 amide bonds. The highest BCUT2D eigenvalue weighted by atomic mass is 35.5. The van der Waals surface area contributed by atoms with Crippen LogP contribution in [-0.4, -0.2) is 47.8 Å². The van der Waals surface area contributed by atoms with Gasteiger partial charge in [-0.25, -0.2) is 4.98 Å². The van der Waals surface area contributed by atoms with E-state index < -0.39 is 6.10 Å². The molecule has 0 aromatic carbocycles. The van der Waals surface area contributed by atoms with Gasteiger partial charge in [0.1, 0.15) is 17.7 Å². The maximum atomic E-state index is 12.1. The average molecular weight is 372 g/mol. The Morgan fingerprint density at radius 1 is 1.36 bits per heavy atom. The van der Waals surface area contributed by atoms with Gasteiger partial charge in [-0.05, 0) is 12.5 Å². The van der Waals surface area contributed by atoms with Crippen LogP contribution in [0, 0.1) is 0 Å². The fourth-order valence-corrected chi connectivity index (χ4v) is 2.34. The summed E-state index contributed by atoms with van der Waals surface area (Å²) in [4.78, 5) is 16.1. The van der Waals surface area contributed by atoms with Gasteiger partial charge in [0, 0.05) is 25.3 Å². The van der Waals surface area contributed by atoms with E-state index in [4.69, 9.17) is 16.3 Å². The lowest BCUT2D eigenvalue weighted by Gasteiger charge is -2.15.